The van der Waals surface area contributed by atoms with Gasteiger partial charge in [-0.25, -0.2) is 24.3 Å². The SMILES string of the molecule is CC(C)C1CCCN(C(C)C)C1=O.CC(C)N1CCCC(C)(C(C)C)C1=O.CC(C)c1c(Cl)ncn(C(C)C)c1=O.CC(C)c1cc(Cl)nn(C(C)C)c1=O.CC(C)c1ccnn(C(C)C)c1=O.CC(C)c1cncn(C(C)C)c1=O.CC(C)c1nc(Cl)cn(C(C)C)c1=O.CC(C)c1nccn(C(C)C)c1=O.[W]. The van der Waals surface area contributed by atoms with Crippen molar-refractivity contribution in [1.29, 1.82) is 0 Å². The molecule has 0 saturated carbocycles. The average Bonchev–Trinajstić information content (AvgIpc) is 0.786. The van der Waals surface area contributed by atoms with Crippen LogP contribution in [0.3, 0.4) is 0 Å². The molecule has 6 aromatic rings. The average molecular weight is 1750 g/mol. The number of hydrogen-bond acceptors (Lipinski definition) is 14. The first-order chi connectivity index (χ1) is 49.8. The van der Waals surface area contributed by atoms with Crippen LogP contribution in [0.5, 0.6) is 0 Å². The van der Waals surface area contributed by atoms with Gasteiger partial charge in [0.25, 0.3) is 33.4 Å². The number of hydrogen-bond donors (Lipinski definition) is 0. The van der Waals surface area contributed by atoms with E-state index in [2.05, 4.69) is 92.4 Å². The summed E-state index contributed by atoms with van der Waals surface area (Å²) in [6.07, 6.45) is 15.9. The van der Waals surface area contributed by atoms with Gasteiger partial charge in [0.15, 0.2) is 0 Å². The summed E-state index contributed by atoms with van der Waals surface area (Å²) in [6, 6.07) is 4.94. The van der Waals surface area contributed by atoms with Crippen molar-refractivity contribution in [3.8, 4) is 0 Å². The fraction of sp³-hybridized carbons (Fsp3) is 0.687. The van der Waals surface area contributed by atoms with Gasteiger partial charge in [-0.05, 0) is 184 Å². The molecule has 0 bridgehead atoms. The number of aromatic nitrogens is 12. The monoisotopic (exact) mass is 1750 g/mol. The Kier molecular flexibility index (Phi) is 45.2. The van der Waals surface area contributed by atoms with Crippen LogP contribution in [0.1, 0.15) is 360 Å². The van der Waals surface area contributed by atoms with Gasteiger partial charge >= 0.3 is 0 Å². The standard InChI is InChI=1S/C12H23NO.C11H21NO.3C10H15ClN2O.3C10H16N2O.W/c1-9(2)12(5)7-6-8-13(10(3)4)11(12)14;1-8(2)10-6-5-7-12(9(3)4)11(10)13;1-6(2)8-9(11)12-5-13(7(3)4)10(8)14;1-6(2)9-10(14)13(7(3)4)5-8(11)12-9;1-6(2)8-5-9(11)12-13(7(3)4)10(8)14;1-7(2)9-5-11-6-12(8(3)4)10(9)13;1-7(2)9-10(13)12(8(3)4)6-5-11-9;1-7(2)9-5-6-11-12(8(3)4)10(9)13;/h9-10H,6-8H2,1-5H3;8-10H,5-7H2,1-4H3;3*5-7H,1-4H3;3*5-8H,1-4H3;. The quantitative estimate of drug-likeness (QED) is 0.0818. The van der Waals surface area contributed by atoms with Crippen LogP contribution in [-0.4, -0.2) is 105 Å². The molecule has 26 heteroatoms. The smallest absolute Gasteiger partial charge is 0.272 e. The van der Waals surface area contributed by atoms with Gasteiger partial charge in [0.05, 0.1) is 30.3 Å². The van der Waals surface area contributed by atoms with Gasteiger partial charge in [-0.3, -0.25) is 52.5 Å². The fourth-order valence-electron chi connectivity index (χ4n) is 11.8. The molecule has 0 radical (unpaired) electrons. The van der Waals surface area contributed by atoms with Crippen molar-refractivity contribution in [3.63, 3.8) is 0 Å². The Morgan fingerprint density at radius 3 is 1.37 bits per heavy atom. The molecule has 2 atom stereocenters. The molecule has 0 spiro atoms. The number of amides is 2. The molecule has 614 valence electrons. The Balaban J connectivity index is 0.00000122. The maximum absolute atomic E-state index is 12.3. The van der Waals surface area contributed by atoms with Crippen molar-refractivity contribution < 1.29 is 30.7 Å². The topological polar surface area (TPSA) is 250 Å². The number of carbonyl (C=O) groups is 2. The van der Waals surface area contributed by atoms with Crippen molar-refractivity contribution in [3.05, 3.63) is 167 Å². The van der Waals surface area contributed by atoms with E-state index in [1.807, 2.05) is 176 Å². The molecule has 2 aliphatic heterocycles. The zero-order valence-corrected chi connectivity index (χ0v) is 77.5. The second-order valence-corrected chi connectivity index (χ2v) is 34.1. The van der Waals surface area contributed by atoms with E-state index in [4.69, 9.17) is 34.8 Å². The molecule has 109 heavy (non-hydrogen) atoms. The van der Waals surface area contributed by atoms with Crippen LogP contribution in [-0.2, 0) is 30.7 Å². The Labute approximate surface area is 681 Å². The van der Waals surface area contributed by atoms with Gasteiger partial charge in [0, 0.05) is 141 Å². The van der Waals surface area contributed by atoms with Crippen LogP contribution < -0.4 is 33.4 Å². The number of halogens is 3. The summed E-state index contributed by atoms with van der Waals surface area (Å²) in [5, 5.41) is 9.08. The third-order valence-corrected chi connectivity index (χ3v) is 19.6. The summed E-state index contributed by atoms with van der Waals surface area (Å²) in [5.74, 6) is 3.02. The first kappa shape index (κ1) is 103. The minimum atomic E-state index is -0.123. The number of rotatable bonds is 16. The molecule has 2 fully saturated rings. The number of carbonyl (C=O) groups excluding carboxylic acids is 2. The van der Waals surface area contributed by atoms with E-state index in [0.29, 0.717) is 68.1 Å². The van der Waals surface area contributed by atoms with E-state index in [-0.39, 0.29) is 138 Å². The van der Waals surface area contributed by atoms with Gasteiger partial charge in [-0.15, -0.1) is 0 Å². The van der Waals surface area contributed by atoms with Crippen LogP contribution >= 0.6 is 34.8 Å². The molecule has 8 heterocycles. The first-order valence-electron chi connectivity index (χ1n) is 39.0. The molecule has 0 N–H and O–H groups in total. The summed E-state index contributed by atoms with van der Waals surface area (Å²) in [4.78, 5) is 115. The van der Waals surface area contributed by atoms with E-state index < -0.39 is 0 Å². The number of likely N-dealkylation sites (tertiary alicyclic amines) is 2. The van der Waals surface area contributed by atoms with E-state index >= 15 is 0 Å². The normalized spacial score (nSPS) is 15.1. The minimum Gasteiger partial charge on any atom is -0.340 e. The second-order valence-electron chi connectivity index (χ2n) is 33.0. The number of nitrogens with zero attached hydrogens (tertiary/aromatic N) is 14. The summed E-state index contributed by atoms with van der Waals surface area (Å²) in [6.45, 7) is 68.2. The predicted octanol–water partition coefficient (Wildman–Crippen LogP) is 18.6. The molecule has 2 unspecified atom stereocenters. The van der Waals surface area contributed by atoms with Gasteiger partial charge in [0.1, 0.15) is 26.8 Å². The van der Waals surface area contributed by atoms with Crippen LogP contribution in [0.25, 0.3) is 0 Å². The van der Waals surface area contributed by atoms with Gasteiger partial charge in [0.2, 0.25) is 11.8 Å². The second kappa shape index (κ2) is 48.0. The van der Waals surface area contributed by atoms with Crippen molar-refractivity contribution >= 4 is 46.6 Å². The zero-order valence-electron chi connectivity index (χ0n) is 72.3. The maximum atomic E-state index is 12.3. The van der Waals surface area contributed by atoms with Crippen molar-refractivity contribution in [2.45, 2.75) is 338 Å². The fourth-order valence-corrected chi connectivity index (χ4v) is 12.5. The molecule has 0 aliphatic carbocycles. The predicted molar refractivity (Wildman–Crippen MR) is 446 cm³/mol. The van der Waals surface area contributed by atoms with Crippen LogP contribution in [0, 0.1) is 23.2 Å². The third-order valence-electron chi connectivity index (χ3n) is 18.9. The van der Waals surface area contributed by atoms with E-state index in [9.17, 15) is 38.4 Å². The number of piperidine rings is 2. The zero-order chi connectivity index (χ0) is 83.6. The van der Waals surface area contributed by atoms with Crippen molar-refractivity contribution in [1.82, 2.24) is 67.6 Å². The third kappa shape index (κ3) is 30.7. The van der Waals surface area contributed by atoms with E-state index in [0.717, 1.165) is 49.0 Å². The van der Waals surface area contributed by atoms with Crippen LogP contribution in [0.4, 0.5) is 0 Å². The molecule has 8 rings (SSSR count). The summed E-state index contributed by atoms with van der Waals surface area (Å²) in [7, 11) is 0. The molecule has 6 aromatic heterocycles. The Hall–Kier alpha value is -6.22. The summed E-state index contributed by atoms with van der Waals surface area (Å²) in [5.41, 5.74) is 4.04. The molecule has 2 aliphatic rings. The molecular weight excluding hydrogens is 1610 g/mol. The molecular formula is C83H137Cl3N14O8W. The summed E-state index contributed by atoms with van der Waals surface area (Å²) >= 11 is 17.6. The van der Waals surface area contributed by atoms with Gasteiger partial charge in [-0.1, -0.05) is 153 Å². The molecule has 22 nitrogen and oxygen atoms in total. The maximum Gasteiger partial charge on any atom is 0.272 e. The summed E-state index contributed by atoms with van der Waals surface area (Å²) < 4.78 is 9.54. The minimum absolute atomic E-state index is 0. The molecule has 2 amide bonds. The van der Waals surface area contributed by atoms with Crippen LogP contribution in [0.15, 0.2) is 84.5 Å². The van der Waals surface area contributed by atoms with Crippen molar-refractivity contribution in [2.24, 2.45) is 23.2 Å². The van der Waals surface area contributed by atoms with Gasteiger partial charge < -0.3 is 18.9 Å². The first-order valence-corrected chi connectivity index (χ1v) is 40.2. The Morgan fingerprint density at radius 2 is 0.927 bits per heavy atom. The van der Waals surface area contributed by atoms with Crippen molar-refractivity contribution in [2.75, 3.05) is 13.1 Å². The van der Waals surface area contributed by atoms with Crippen LogP contribution in [0.2, 0.25) is 15.5 Å². The van der Waals surface area contributed by atoms with E-state index in [1.165, 1.54) is 22.1 Å². The molecule has 2 saturated heterocycles. The van der Waals surface area contributed by atoms with E-state index in [1.54, 1.807) is 67.7 Å². The van der Waals surface area contributed by atoms with Gasteiger partial charge in [-0.2, -0.15) is 10.2 Å². The molecule has 0 aromatic carbocycles. The largest absolute Gasteiger partial charge is 0.340 e. The Bertz CT molecular complexity index is 3740. The Morgan fingerprint density at radius 1 is 0.450 bits per heavy atom.